The average molecular weight is 397 g/mol. The predicted octanol–water partition coefficient (Wildman–Crippen LogP) is 9.02. The predicted molar refractivity (Wildman–Crippen MR) is 120 cm³/mol. The van der Waals surface area contributed by atoms with Crippen LogP contribution in [-0.4, -0.2) is 5.92 Å². The minimum atomic E-state index is -2.46. The molecule has 0 N–H and O–H groups in total. The summed E-state index contributed by atoms with van der Waals surface area (Å²) in [5, 5.41) is 0. The number of allylic oxidation sites excluding steroid dienone is 1. The van der Waals surface area contributed by atoms with E-state index < -0.39 is 5.92 Å². The van der Waals surface area contributed by atoms with E-state index in [0.29, 0.717) is 12.8 Å². The van der Waals surface area contributed by atoms with Crippen molar-refractivity contribution in [2.45, 2.75) is 83.0 Å². The van der Waals surface area contributed by atoms with Crippen LogP contribution in [-0.2, 0) is 0 Å². The van der Waals surface area contributed by atoms with E-state index in [2.05, 4.69) is 67.6 Å². The lowest BCUT2D eigenvalue weighted by molar-refractivity contribution is -0.0382. The minimum absolute atomic E-state index is 0.0210. The highest BCUT2D eigenvalue weighted by atomic mass is 19.3. The van der Waals surface area contributed by atoms with Crippen molar-refractivity contribution < 1.29 is 8.78 Å². The summed E-state index contributed by atoms with van der Waals surface area (Å²) in [6.07, 6.45) is 13.5. The number of halogens is 2. The van der Waals surface area contributed by atoms with Gasteiger partial charge in [-0.15, -0.1) is 0 Å². The zero-order valence-corrected chi connectivity index (χ0v) is 17.7. The Kier molecular flexibility index (Phi) is 8.03. The van der Waals surface area contributed by atoms with Crippen LogP contribution < -0.4 is 0 Å². The second-order valence-electron chi connectivity index (χ2n) is 8.48. The lowest BCUT2D eigenvalue weighted by Crippen LogP contribution is -2.23. The topological polar surface area (TPSA) is 0 Å². The highest BCUT2D eigenvalue weighted by molar-refractivity contribution is 5.66. The number of benzene rings is 2. The maximum Gasteiger partial charge on any atom is 0.248 e. The van der Waals surface area contributed by atoms with Gasteiger partial charge in [0, 0.05) is 12.8 Å². The lowest BCUT2D eigenvalue weighted by Gasteiger charge is -2.28. The van der Waals surface area contributed by atoms with Crippen LogP contribution in [0.2, 0.25) is 0 Å². The van der Waals surface area contributed by atoms with Crippen molar-refractivity contribution in [3.63, 3.8) is 0 Å². The molecule has 0 radical (unpaired) electrons. The zero-order chi connectivity index (χ0) is 20.5. The number of hydrogen-bond acceptors (Lipinski definition) is 0. The van der Waals surface area contributed by atoms with Crippen LogP contribution >= 0.6 is 0 Å². The Hall–Kier alpha value is -1.96. The molecule has 0 bridgehead atoms. The van der Waals surface area contributed by atoms with Gasteiger partial charge >= 0.3 is 0 Å². The van der Waals surface area contributed by atoms with Crippen LogP contribution in [0.4, 0.5) is 8.78 Å². The first-order valence-corrected chi connectivity index (χ1v) is 11.3. The molecule has 3 rings (SSSR count). The molecule has 0 aliphatic heterocycles. The first kappa shape index (κ1) is 21.7. The molecule has 156 valence electrons. The fourth-order valence-electron chi connectivity index (χ4n) is 4.19. The van der Waals surface area contributed by atoms with E-state index in [-0.39, 0.29) is 18.8 Å². The Labute approximate surface area is 175 Å². The normalized spacial score (nSPS) is 17.1. The standard InChI is InChI=1S/C27H34F2/c1-2-3-4-5-6-7-8-9-22-10-12-23(13-11-22)24-14-16-25(17-15-24)26-18-20-27(28,29)21-19-26/h8-17,26H,2-7,18-21H2,1H3. The SMILES string of the molecule is CCCCCCCC=Cc1ccc(-c2ccc(C3CCC(F)(F)CC3)cc2)cc1. The second-order valence-corrected chi connectivity index (χ2v) is 8.48. The number of alkyl halides is 2. The molecule has 0 nitrogen and oxygen atoms in total. The molecule has 0 atom stereocenters. The summed E-state index contributed by atoms with van der Waals surface area (Å²) in [4.78, 5) is 0. The van der Waals surface area contributed by atoms with E-state index in [1.165, 1.54) is 54.4 Å². The van der Waals surface area contributed by atoms with Crippen LogP contribution in [0.25, 0.3) is 17.2 Å². The van der Waals surface area contributed by atoms with Crippen LogP contribution in [0.15, 0.2) is 54.6 Å². The summed E-state index contributed by atoms with van der Waals surface area (Å²) >= 11 is 0. The lowest BCUT2D eigenvalue weighted by atomic mass is 9.82. The molecule has 2 heteroatoms. The minimum Gasteiger partial charge on any atom is -0.207 e. The maximum absolute atomic E-state index is 13.4. The van der Waals surface area contributed by atoms with Gasteiger partial charge in [-0.1, -0.05) is 93.3 Å². The van der Waals surface area contributed by atoms with Crippen LogP contribution in [0, 0.1) is 0 Å². The van der Waals surface area contributed by atoms with E-state index in [0.717, 1.165) is 6.42 Å². The average Bonchev–Trinajstić information content (AvgIpc) is 2.74. The van der Waals surface area contributed by atoms with E-state index in [4.69, 9.17) is 0 Å². The van der Waals surface area contributed by atoms with Crippen molar-refractivity contribution in [2.24, 2.45) is 0 Å². The van der Waals surface area contributed by atoms with Gasteiger partial charge in [0.15, 0.2) is 0 Å². The van der Waals surface area contributed by atoms with Crippen LogP contribution in [0.3, 0.4) is 0 Å². The Morgan fingerprint density at radius 1 is 0.828 bits per heavy atom. The van der Waals surface area contributed by atoms with Crippen LogP contribution in [0.1, 0.15) is 88.2 Å². The molecule has 0 unspecified atom stereocenters. The largest absolute Gasteiger partial charge is 0.248 e. The van der Waals surface area contributed by atoms with Gasteiger partial charge in [0.05, 0.1) is 0 Å². The van der Waals surface area contributed by atoms with Crippen molar-refractivity contribution in [2.75, 3.05) is 0 Å². The van der Waals surface area contributed by atoms with Gasteiger partial charge in [-0.3, -0.25) is 0 Å². The smallest absolute Gasteiger partial charge is 0.207 e. The first-order chi connectivity index (χ1) is 14.1. The summed E-state index contributed by atoms with van der Waals surface area (Å²) in [7, 11) is 0. The van der Waals surface area contributed by atoms with Crippen molar-refractivity contribution in [1.82, 2.24) is 0 Å². The summed E-state index contributed by atoms with van der Waals surface area (Å²) in [6, 6.07) is 17.2. The van der Waals surface area contributed by atoms with E-state index in [1.807, 2.05) is 0 Å². The Morgan fingerprint density at radius 3 is 2.03 bits per heavy atom. The Balaban J connectivity index is 1.51. The highest BCUT2D eigenvalue weighted by Gasteiger charge is 2.35. The summed E-state index contributed by atoms with van der Waals surface area (Å²) in [5.74, 6) is -2.18. The van der Waals surface area contributed by atoms with Crippen molar-refractivity contribution in [1.29, 1.82) is 0 Å². The Morgan fingerprint density at radius 2 is 1.41 bits per heavy atom. The molecular weight excluding hydrogens is 362 g/mol. The van der Waals surface area contributed by atoms with Gasteiger partial charge in [0.1, 0.15) is 0 Å². The fourth-order valence-corrected chi connectivity index (χ4v) is 4.19. The molecule has 2 aromatic carbocycles. The molecule has 1 aliphatic carbocycles. The third-order valence-corrected chi connectivity index (χ3v) is 6.13. The quantitative estimate of drug-likeness (QED) is 0.371. The van der Waals surface area contributed by atoms with Gasteiger partial charge in [0.25, 0.3) is 0 Å². The third-order valence-electron chi connectivity index (χ3n) is 6.13. The number of rotatable bonds is 9. The summed E-state index contributed by atoms with van der Waals surface area (Å²) in [5.41, 5.74) is 4.81. The number of unbranched alkanes of at least 4 members (excludes halogenated alkanes) is 5. The molecule has 0 heterocycles. The van der Waals surface area contributed by atoms with Gasteiger partial charge in [-0.25, -0.2) is 8.78 Å². The monoisotopic (exact) mass is 396 g/mol. The molecule has 0 amide bonds. The first-order valence-electron chi connectivity index (χ1n) is 11.3. The summed E-state index contributed by atoms with van der Waals surface area (Å²) < 4.78 is 26.7. The van der Waals surface area contributed by atoms with E-state index in [9.17, 15) is 8.78 Å². The molecule has 0 aromatic heterocycles. The van der Waals surface area contributed by atoms with Crippen molar-refractivity contribution >= 4 is 6.08 Å². The number of hydrogen-bond donors (Lipinski definition) is 0. The van der Waals surface area contributed by atoms with Crippen molar-refractivity contribution in [3.05, 3.63) is 65.7 Å². The van der Waals surface area contributed by atoms with E-state index in [1.54, 1.807) is 0 Å². The van der Waals surface area contributed by atoms with Gasteiger partial charge in [-0.05, 0) is 53.9 Å². The molecule has 0 spiro atoms. The molecule has 1 saturated carbocycles. The van der Waals surface area contributed by atoms with Gasteiger partial charge < -0.3 is 0 Å². The van der Waals surface area contributed by atoms with E-state index >= 15 is 0 Å². The molecule has 1 fully saturated rings. The highest BCUT2D eigenvalue weighted by Crippen LogP contribution is 2.41. The third kappa shape index (κ3) is 6.80. The molecule has 0 saturated heterocycles. The van der Waals surface area contributed by atoms with Crippen molar-refractivity contribution in [3.8, 4) is 11.1 Å². The molecule has 2 aromatic rings. The van der Waals surface area contributed by atoms with Gasteiger partial charge in [0.2, 0.25) is 5.92 Å². The molecule has 1 aliphatic rings. The van der Waals surface area contributed by atoms with Crippen LogP contribution in [0.5, 0.6) is 0 Å². The second kappa shape index (κ2) is 10.7. The fraction of sp³-hybridized carbons (Fsp3) is 0.481. The zero-order valence-electron chi connectivity index (χ0n) is 17.7. The maximum atomic E-state index is 13.4. The molecular formula is C27H34F2. The molecule has 29 heavy (non-hydrogen) atoms. The van der Waals surface area contributed by atoms with Gasteiger partial charge in [-0.2, -0.15) is 0 Å². The summed E-state index contributed by atoms with van der Waals surface area (Å²) in [6.45, 7) is 2.25. The Bertz CT molecular complexity index is 746.